The lowest BCUT2D eigenvalue weighted by Crippen LogP contribution is -2.25. The van der Waals surface area contributed by atoms with Crippen LogP contribution in [0.25, 0.3) is 0 Å². The molecule has 7 heteroatoms. The molecule has 3 aromatic carbocycles. The molecule has 0 spiro atoms. The molecule has 7 nitrogen and oxygen atoms in total. The normalized spacial score (nSPS) is 10.2. The maximum atomic E-state index is 12.7. The van der Waals surface area contributed by atoms with E-state index in [1.807, 2.05) is 49.4 Å². The Morgan fingerprint density at radius 1 is 0.909 bits per heavy atom. The number of benzene rings is 3. The zero-order valence-corrected chi connectivity index (χ0v) is 18.6. The van der Waals surface area contributed by atoms with Crippen molar-refractivity contribution in [3.8, 4) is 5.75 Å². The smallest absolute Gasteiger partial charge is 0.434 e. The van der Waals surface area contributed by atoms with Crippen molar-refractivity contribution in [1.82, 2.24) is 5.32 Å². The molecular weight excluding hydrogens is 420 g/mol. The first kappa shape index (κ1) is 23.5. The minimum absolute atomic E-state index is 0.0982. The van der Waals surface area contributed by atoms with Crippen molar-refractivity contribution in [2.75, 3.05) is 11.9 Å². The van der Waals surface area contributed by atoms with Crippen LogP contribution in [0.1, 0.15) is 34.0 Å². The van der Waals surface area contributed by atoms with Crippen molar-refractivity contribution in [1.29, 1.82) is 0 Å². The number of carbonyl (C=O) groups excluding carboxylic acids is 3. The summed E-state index contributed by atoms with van der Waals surface area (Å²) in [6, 6.07) is 21.2. The van der Waals surface area contributed by atoms with Crippen molar-refractivity contribution >= 4 is 23.7 Å². The van der Waals surface area contributed by atoms with E-state index in [0.717, 1.165) is 16.7 Å². The van der Waals surface area contributed by atoms with Gasteiger partial charge in [0.2, 0.25) is 5.91 Å². The fraction of sp³-hybridized carbons (Fsp3) is 0.192. The quantitative estimate of drug-likeness (QED) is 0.388. The molecule has 0 saturated heterocycles. The molecule has 2 amide bonds. The van der Waals surface area contributed by atoms with E-state index in [2.05, 4.69) is 10.6 Å². The van der Waals surface area contributed by atoms with Crippen LogP contribution >= 0.6 is 0 Å². The van der Waals surface area contributed by atoms with Gasteiger partial charge in [-0.1, -0.05) is 48.0 Å². The summed E-state index contributed by atoms with van der Waals surface area (Å²) in [5, 5.41) is 5.77. The molecule has 0 aliphatic rings. The standard InChI is InChI=1S/C26H26N2O5/c1-3-32-26(31)33-22-13-11-20(12-14-22)25(30)28-23-10-5-4-9-21(23)17-27-24(29)16-19-8-6-7-18(2)15-19/h4-15H,3,16-17H2,1-2H3,(H,27,29)(H,28,30). The van der Waals surface area contributed by atoms with Crippen LogP contribution in [0.2, 0.25) is 0 Å². The molecule has 3 aromatic rings. The van der Waals surface area contributed by atoms with Crippen LogP contribution in [-0.4, -0.2) is 24.6 Å². The molecule has 2 N–H and O–H groups in total. The summed E-state index contributed by atoms with van der Waals surface area (Å²) in [4.78, 5) is 36.4. The zero-order chi connectivity index (χ0) is 23.6. The minimum atomic E-state index is -0.798. The van der Waals surface area contributed by atoms with Crippen LogP contribution in [0.15, 0.2) is 72.8 Å². The lowest BCUT2D eigenvalue weighted by molar-refractivity contribution is -0.120. The maximum absolute atomic E-state index is 12.7. The lowest BCUT2D eigenvalue weighted by Gasteiger charge is -2.12. The van der Waals surface area contributed by atoms with Crippen LogP contribution in [0.3, 0.4) is 0 Å². The first-order chi connectivity index (χ1) is 15.9. The van der Waals surface area contributed by atoms with Gasteiger partial charge < -0.3 is 20.1 Å². The van der Waals surface area contributed by atoms with Gasteiger partial charge in [0, 0.05) is 17.8 Å². The Morgan fingerprint density at radius 3 is 2.39 bits per heavy atom. The molecule has 0 atom stereocenters. The third-order valence-electron chi connectivity index (χ3n) is 4.77. The van der Waals surface area contributed by atoms with E-state index in [1.165, 1.54) is 12.1 Å². The molecule has 170 valence electrons. The first-order valence-corrected chi connectivity index (χ1v) is 10.6. The molecule has 0 bridgehead atoms. The average Bonchev–Trinajstić information content (AvgIpc) is 2.79. The highest BCUT2D eigenvalue weighted by Crippen LogP contribution is 2.18. The Kier molecular flexibility index (Phi) is 8.18. The fourth-order valence-electron chi connectivity index (χ4n) is 3.17. The monoisotopic (exact) mass is 446 g/mol. The van der Waals surface area contributed by atoms with E-state index in [9.17, 15) is 14.4 Å². The zero-order valence-electron chi connectivity index (χ0n) is 18.6. The lowest BCUT2D eigenvalue weighted by atomic mass is 10.1. The summed E-state index contributed by atoms with van der Waals surface area (Å²) in [7, 11) is 0. The van der Waals surface area contributed by atoms with Crippen LogP contribution in [-0.2, 0) is 22.5 Å². The minimum Gasteiger partial charge on any atom is -0.434 e. The van der Waals surface area contributed by atoms with Gasteiger partial charge in [-0.05, 0) is 55.3 Å². The van der Waals surface area contributed by atoms with Crippen LogP contribution in [0.5, 0.6) is 5.75 Å². The summed E-state index contributed by atoms with van der Waals surface area (Å²) in [5.41, 5.74) is 3.83. The number of aryl methyl sites for hydroxylation is 1. The molecule has 0 heterocycles. The Labute approximate surface area is 192 Å². The summed E-state index contributed by atoms with van der Waals surface area (Å²) < 4.78 is 9.72. The van der Waals surface area contributed by atoms with Gasteiger partial charge in [0.05, 0.1) is 13.0 Å². The molecule has 0 radical (unpaired) electrons. The molecule has 0 aromatic heterocycles. The highest BCUT2D eigenvalue weighted by molar-refractivity contribution is 6.04. The van der Waals surface area contributed by atoms with E-state index in [1.54, 1.807) is 25.1 Å². The number of amides is 2. The second-order valence-electron chi connectivity index (χ2n) is 7.36. The van der Waals surface area contributed by atoms with E-state index >= 15 is 0 Å². The molecule has 0 aliphatic heterocycles. The van der Waals surface area contributed by atoms with Crippen molar-refractivity contribution in [3.63, 3.8) is 0 Å². The molecule has 0 fully saturated rings. The number of ether oxygens (including phenoxy) is 2. The van der Waals surface area contributed by atoms with Gasteiger partial charge in [0.1, 0.15) is 5.75 Å². The van der Waals surface area contributed by atoms with Gasteiger partial charge in [-0.15, -0.1) is 0 Å². The van der Waals surface area contributed by atoms with Crippen molar-refractivity contribution in [2.45, 2.75) is 26.8 Å². The average molecular weight is 447 g/mol. The topological polar surface area (TPSA) is 93.7 Å². The SMILES string of the molecule is CCOC(=O)Oc1ccc(C(=O)Nc2ccccc2CNC(=O)Cc2cccc(C)c2)cc1. The molecule has 33 heavy (non-hydrogen) atoms. The number of anilines is 1. The second-order valence-corrected chi connectivity index (χ2v) is 7.36. The van der Waals surface area contributed by atoms with Gasteiger partial charge in [-0.25, -0.2) is 4.79 Å². The molecule has 3 rings (SSSR count). The summed E-state index contributed by atoms with van der Waals surface area (Å²) in [5.74, 6) is -0.142. The number of para-hydroxylation sites is 1. The van der Waals surface area contributed by atoms with Crippen LogP contribution in [0.4, 0.5) is 10.5 Å². The molecule has 0 saturated carbocycles. The summed E-state index contributed by atoms with van der Waals surface area (Å²) in [6.07, 6.45) is -0.510. The highest BCUT2D eigenvalue weighted by Gasteiger charge is 2.12. The number of hydrogen-bond donors (Lipinski definition) is 2. The molecule has 0 aliphatic carbocycles. The van der Waals surface area contributed by atoms with Gasteiger partial charge >= 0.3 is 6.16 Å². The maximum Gasteiger partial charge on any atom is 0.513 e. The Hall–Kier alpha value is -4.13. The Bertz CT molecular complexity index is 1130. The van der Waals surface area contributed by atoms with Crippen molar-refractivity contribution in [2.24, 2.45) is 0 Å². The Morgan fingerprint density at radius 2 is 1.67 bits per heavy atom. The van der Waals surface area contributed by atoms with Gasteiger partial charge in [-0.2, -0.15) is 0 Å². The second kappa shape index (κ2) is 11.5. The van der Waals surface area contributed by atoms with E-state index < -0.39 is 6.16 Å². The molecular formula is C26H26N2O5. The van der Waals surface area contributed by atoms with Gasteiger partial charge in [0.25, 0.3) is 5.91 Å². The summed E-state index contributed by atoms with van der Waals surface area (Å²) >= 11 is 0. The van der Waals surface area contributed by atoms with Crippen LogP contribution < -0.4 is 15.4 Å². The fourth-order valence-corrected chi connectivity index (χ4v) is 3.17. The predicted molar refractivity (Wildman–Crippen MR) is 125 cm³/mol. The van der Waals surface area contributed by atoms with Crippen molar-refractivity contribution in [3.05, 3.63) is 95.1 Å². The number of carbonyl (C=O) groups is 3. The highest BCUT2D eigenvalue weighted by atomic mass is 16.7. The Balaban J connectivity index is 1.59. The molecule has 0 unspecified atom stereocenters. The van der Waals surface area contributed by atoms with E-state index in [-0.39, 0.29) is 37.1 Å². The predicted octanol–water partition coefficient (Wildman–Crippen LogP) is 4.64. The van der Waals surface area contributed by atoms with E-state index in [4.69, 9.17) is 9.47 Å². The van der Waals surface area contributed by atoms with Crippen molar-refractivity contribution < 1.29 is 23.9 Å². The third-order valence-corrected chi connectivity index (χ3v) is 4.77. The largest absolute Gasteiger partial charge is 0.513 e. The third kappa shape index (κ3) is 7.21. The van der Waals surface area contributed by atoms with Crippen LogP contribution in [0, 0.1) is 6.92 Å². The number of hydrogen-bond acceptors (Lipinski definition) is 5. The van der Waals surface area contributed by atoms with Gasteiger partial charge in [-0.3, -0.25) is 9.59 Å². The number of nitrogens with one attached hydrogen (secondary N) is 2. The first-order valence-electron chi connectivity index (χ1n) is 10.6. The summed E-state index contributed by atoms with van der Waals surface area (Å²) in [6.45, 7) is 4.17. The number of rotatable bonds is 8. The van der Waals surface area contributed by atoms with Gasteiger partial charge in [0.15, 0.2) is 0 Å². The van der Waals surface area contributed by atoms with E-state index in [0.29, 0.717) is 11.3 Å².